The summed E-state index contributed by atoms with van der Waals surface area (Å²) in [6.45, 7) is 9.82. The average molecular weight is 797 g/mol. The molecular weight excluding hydrogens is 752 g/mol. The smallest absolute Gasteiger partial charge is 0.273 e. The molecule has 56 heavy (non-hydrogen) atoms. The van der Waals surface area contributed by atoms with Crippen LogP contribution in [0.1, 0.15) is 50.3 Å². The first-order valence-electron chi connectivity index (χ1n) is 18.0. The van der Waals surface area contributed by atoms with Crippen LogP contribution in [0.3, 0.4) is 0 Å². The maximum atomic E-state index is 13.6. The van der Waals surface area contributed by atoms with Crippen LogP contribution in [0, 0.1) is 19.3 Å². The second-order valence-corrected chi connectivity index (χ2v) is 15.6. The molecule has 0 saturated heterocycles. The number of carbonyl (C=O) groups is 3. The lowest BCUT2D eigenvalue weighted by Gasteiger charge is -2.25. The maximum absolute atomic E-state index is 13.6. The lowest BCUT2D eigenvalue weighted by Crippen LogP contribution is -2.45. The largest absolute Gasteiger partial charge is 0.493 e. The van der Waals surface area contributed by atoms with Crippen LogP contribution in [0.25, 0.3) is 0 Å². The zero-order valence-electron chi connectivity index (χ0n) is 31.9. The zero-order valence-corrected chi connectivity index (χ0v) is 33.5. The Kier molecular flexibility index (Phi) is 14.3. The molecule has 10 nitrogen and oxygen atoms in total. The lowest BCUT2D eigenvalue weighted by molar-refractivity contribution is -0.140. The minimum atomic E-state index is -1.87. The molecule has 2 N–H and O–H groups in total. The van der Waals surface area contributed by atoms with Crippen LogP contribution in [0.15, 0.2) is 120 Å². The number of aryl methyl sites for hydroxylation is 2. The number of carbonyl (C=O) groups excluding carboxylic acids is 3. The first-order chi connectivity index (χ1) is 26.7. The number of anilines is 2. The van der Waals surface area contributed by atoms with Crippen LogP contribution in [-0.4, -0.2) is 34.5 Å². The summed E-state index contributed by atoms with van der Waals surface area (Å²) < 4.78 is 36.2. The number of rotatable bonds is 17. The average Bonchev–Trinajstić information content (AvgIpc) is 3.17. The van der Waals surface area contributed by atoms with E-state index < -0.39 is 34.3 Å². The van der Waals surface area contributed by atoms with Gasteiger partial charge in [0.15, 0.2) is 5.78 Å². The Bertz CT molecular complexity index is 2150. The number of amides is 2. The number of ketones is 1. The van der Waals surface area contributed by atoms with Crippen molar-refractivity contribution in [1.82, 2.24) is 0 Å². The summed E-state index contributed by atoms with van der Waals surface area (Å²) in [7, 11) is 0. The van der Waals surface area contributed by atoms with Gasteiger partial charge in [-0.05, 0) is 104 Å². The molecule has 0 spiro atoms. The molecule has 12 heteroatoms. The number of Topliss-reactive ketones (excluding diaryl/α,β-unsaturated/α-hetero) is 1. The Labute approximate surface area is 335 Å². The molecule has 0 aliphatic rings. The number of benzene rings is 5. The van der Waals surface area contributed by atoms with Gasteiger partial charge in [0.05, 0.1) is 22.2 Å². The van der Waals surface area contributed by atoms with Crippen molar-refractivity contribution < 1.29 is 37.0 Å². The highest BCUT2D eigenvalue weighted by atomic mass is 35.5. The van der Waals surface area contributed by atoms with Gasteiger partial charge in [0.1, 0.15) is 29.6 Å². The summed E-state index contributed by atoms with van der Waals surface area (Å²) in [5.41, 5.74) is 2.86. The Morgan fingerprint density at radius 3 is 2.12 bits per heavy atom. The van der Waals surface area contributed by atoms with Gasteiger partial charge in [0.25, 0.3) is 5.91 Å². The minimum Gasteiger partial charge on any atom is -0.493 e. The molecule has 0 aromatic heterocycles. The van der Waals surface area contributed by atoms with Gasteiger partial charge in [-0.15, -0.1) is 0 Å². The molecule has 292 valence electrons. The van der Waals surface area contributed by atoms with Gasteiger partial charge < -0.3 is 29.0 Å². The molecule has 0 saturated carbocycles. The van der Waals surface area contributed by atoms with Crippen molar-refractivity contribution in [3.05, 3.63) is 137 Å². The standard InChI is InChI=1S/C44H45ClN2O8S/c1-29-13-24-39(30(2)26-29)52-25-9-12-40(48)46-32-14-23-37(45)38(27-32)47-43(50)41(42(49)44(3,4)5)54-34-19-21-36(22-20-34)56(51)55-35-17-15-33(16-18-35)53-28-31-10-7-6-8-11-31/h6-8,10-11,13-24,26-27,41H,9,12,25,28H2,1-5H3,(H,46,48)(H,47,50). The fourth-order valence-corrected chi connectivity index (χ4v) is 6.25. The first kappa shape index (κ1) is 41.5. The van der Waals surface area contributed by atoms with E-state index in [2.05, 4.69) is 10.6 Å². The zero-order chi connectivity index (χ0) is 40.2. The fourth-order valence-electron chi connectivity index (χ4n) is 5.35. The SMILES string of the molecule is Cc1ccc(OCCCC(=O)Nc2ccc(Cl)c(NC(=O)C(Oc3ccc(S(=O)Oc4ccc(OCc5ccccc5)cc4)cc3)C(=O)C(C)(C)C)c2)c(C)c1. The summed E-state index contributed by atoms with van der Waals surface area (Å²) in [6.07, 6.45) is -0.855. The van der Waals surface area contributed by atoms with Crippen LogP contribution < -0.4 is 29.0 Å². The Morgan fingerprint density at radius 1 is 0.768 bits per heavy atom. The predicted molar refractivity (Wildman–Crippen MR) is 219 cm³/mol. The Hall–Kier alpha value is -5.65. The van der Waals surface area contributed by atoms with Crippen LogP contribution in [0.4, 0.5) is 11.4 Å². The Balaban J connectivity index is 1.16. The molecule has 2 atom stereocenters. The number of ether oxygens (including phenoxy) is 3. The molecule has 0 fully saturated rings. The quantitative estimate of drug-likeness (QED) is 0.0704. The van der Waals surface area contributed by atoms with E-state index in [0.717, 1.165) is 22.4 Å². The summed E-state index contributed by atoms with van der Waals surface area (Å²) >= 11 is 4.56. The van der Waals surface area contributed by atoms with Crippen molar-refractivity contribution in [3.63, 3.8) is 0 Å². The van der Waals surface area contributed by atoms with Crippen molar-refractivity contribution in [2.45, 2.75) is 65.1 Å². The third-order valence-corrected chi connectivity index (χ3v) is 9.70. The van der Waals surface area contributed by atoms with Crippen molar-refractivity contribution in [2.24, 2.45) is 5.41 Å². The number of hydrogen-bond donors (Lipinski definition) is 2. The number of hydrogen-bond acceptors (Lipinski definition) is 8. The van der Waals surface area contributed by atoms with E-state index >= 15 is 0 Å². The topological polar surface area (TPSA) is 129 Å². The highest BCUT2D eigenvalue weighted by Crippen LogP contribution is 2.29. The molecule has 5 rings (SSSR count). The second kappa shape index (κ2) is 19.3. The van der Waals surface area contributed by atoms with Gasteiger partial charge in [-0.1, -0.05) is 80.4 Å². The number of nitrogens with one attached hydrogen (secondary N) is 2. The van der Waals surface area contributed by atoms with Crippen LogP contribution in [-0.2, 0) is 32.1 Å². The van der Waals surface area contributed by atoms with Crippen LogP contribution in [0.5, 0.6) is 23.0 Å². The molecule has 5 aromatic rings. The lowest BCUT2D eigenvalue weighted by atomic mass is 9.87. The fraction of sp³-hybridized carbons (Fsp3) is 0.250. The van der Waals surface area contributed by atoms with E-state index in [1.54, 1.807) is 51.1 Å². The highest BCUT2D eigenvalue weighted by molar-refractivity contribution is 7.80. The summed E-state index contributed by atoms with van der Waals surface area (Å²) in [5.74, 6) is 0.511. The van der Waals surface area contributed by atoms with E-state index in [1.165, 1.54) is 36.4 Å². The van der Waals surface area contributed by atoms with E-state index in [4.69, 9.17) is 30.0 Å². The van der Waals surface area contributed by atoms with E-state index in [9.17, 15) is 18.6 Å². The van der Waals surface area contributed by atoms with Gasteiger partial charge >= 0.3 is 0 Å². The second-order valence-electron chi connectivity index (χ2n) is 14.1. The molecule has 0 aliphatic carbocycles. The van der Waals surface area contributed by atoms with Gasteiger partial charge in [-0.3, -0.25) is 14.4 Å². The summed E-state index contributed by atoms with van der Waals surface area (Å²) in [6, 6.07) is 33.2. The Morgan fingerprint density at radius 2 is 1.45 bits per heavy atom. The van der Waals surface area contributed by atoms with Crippen molar-refractivity contribution in [1.29, 1.82) is 0 Å². The van der Waals surface area contributed by atoms with Gasteiger partial charge in [-0.2, -0.15) is 0 Å². The van der Waals surface area contributed by atoms with Gasteiger partial charge in [0.2, 0.25) is 23.1 Å². The highest BCUT2D eigenvalue weighted by Gasteiger charge is 2.37. The monoisotopic (exact) mass is 796 g/mol. The van der Waals surface area contributed by atoms with Crippen molar-refractivity contribution in [3.8, 4) is 23.0 Å². The molecule has 5 aromatic carbocycles. The summed E-state index contributed by atoms with van der Waals surface area (Å²) in [5, 5.41) is 5.70. The van der Waals surface area contributed by atoms with Gasteiger partial charge in [-0.25, -0.2) is 4.21 Å². The predicted octanol–water partition coefficient (Wildman–Crippen LogP) is 9.44. The third kappa shape index (κ3) is 12.2. The molecule has 0 radical (unpaired) electrons. The molecule has 2 amide bonds. The summed E-state index contributed by atoms with van der Waals surface area (Å²) in [4.78, 5) is 40.2. The van der Waals surface area contributed by atoms with Crippen molar-refractivity contribution >= 4 is 51.7 Å². The van der Waals surface area contributed by atoms with E-state index in [0.29, 0.717) is 41.7 Å². The molecular formula is C44H45ClN2O8S. The van der Waals surface area contributed by atoms with Crippen LogP contribution in [0.2, 0.25) is 5.02 Å². The van der Waals surface area contributed by atoms with Crippen LogP contribution >= 0.6 is 11.6 Å². The van der Waals surface area contributed by atoms with Crippen molar-refractivity contribution in [2.75, 3.05) is 17.2 Å². The van der Waals surface area contributed by atoms with Gasteiger partial charge in [0, 0.05) is 17.5 Å². The third-order valence-electron chi connectivity index (χ3n) is 8.37. The first-order valence-corrected chi connectivity index (χ1v) is 19.5. The molecule has 0 aliphatic heterocycles. The molecule has 2 unspecified atom stereocenters. The van der Waals surface area contributed by atoms with E-state index in [1.807, 2.05) is 62.4 Å². The maximum Gasteiger partial charge on any atom is 0.273 e. The minimum absolute atomic E-state index is 0.182. The molecule has 0 heterocycles. The normalized spacial score (nSPS) is 12.2. The molecule has 0 bridgehead atoms. The van der Waals surface area contributed by atoms with E-state index in [-0.39, 0.29) is 28.8 Å². The number of halogens is 1.